The van der Waals surface area contributed by atoms with E-state index in [2.05, 4.69) is 10.3 Å². The van der Waals surface area contributed by atoms with Crippen molar-refractivity contribution >= 4 is 17.6 Å². The zero-order valence-corrected chi connectivity index (χ0v) is 11.8. The predicted octanol–water partition coefficient (Wildman–Crippen LogP) is 2.70. The number of carboxylic acid groups (broad SMARTS) is 1. The lowest BCUT2D eigenvalue weighted by molar-refractivity contribution is -0.120. The minimum Gasteiger partial charge on any atom is -0.478 e. The zero-order chi connectivity index (χ0) is 15.5. The van der Waals surface area contributed by atoms with E-state index in [0.717, 1.165) is 5.56 Å². The highest BCUT2D eigenvalue weighted by Crippen LogP contribution is 2.25. The number of pyridine rings is 1. The lowest BCUT2D eigenvalue weighted by atomic mass is 9.83. The van der Waals surface area contributed by atoms with Gasteiger partial charge >= 0.3 is 5.97 Å². The Balaban J connectivity index is 2.28. The third-order valence-corrected chi connectivity index (χ3v) is 3.36. The first-order valence-electron chi connectivity index (χ1n) is 6.47. The van der Waals surface area contributed by atoms with Crippen LogP contribution in [0.4, 0.5) is 5.69 Å². The largest absolute Gasteiger partial charge is 0.478 e. The van der Waals surface area contributed by atoms with E-state index in [1.165, 1.54) is 18.5 Å². The maximum absolute atomic E-state index is 12.5. The van der Waals surface area contributed by atoms with Crippen LogP contribution in [0.15, 0.2) is 48.8 Å². The summed E-state index contributed by atoms with van der Waals surface area (Å²) in [7, 11) is 0. The Bertz CT molecular complexity index is 666. The van der Waals surface area contributed by atoms with E-state index in [4.69, 9.17) is 5.11 Å². The van der Waals surface area contributed by atoms with Gasteiger partial charge in [-0.15, -0.1) is 0 Å². The van der Waals surface area contributed by atoms with Gasteiger partial charge in [0.25, 0.3) is 0 Å². The molecule has 0 fully saturated rings. The van der Waals surface area contributed by atoms with Gasteiger partial charge in [0.2, 0.25) is 5.91 Å². The third-order valence-electron chi connectivity index (χ3n) is 3.36. The summed E-state index contributed by atoms with van der Waals surface area (Å²) in [5.41, 5.74) is 0.275. The van der Waals surface area contributed by atoms with Gasteiger partial charge in [0, 0.05) is 6.20 Å². The quantitative estimate of drug-likeness (QED) is 0.904. The van der Waals surface area contributed by atoms with E-state index in [1.54, 1.807) is 13.8 Å². The predicted molar refractivity (Wildman–Crippen MR) is 79.3 cm³/mol. The van der Waals surface area contributed by atoms with Crippen LogP contribution < -0.4 is 5.32 Å². The molecule has 1 aromatic carbocycles. The topological polar surface area (TPSA) is 79.3 Å². The Hall–Kier alpha value is -2.69. The van der Waals surface area contributed by atoms with Crippen LogP contribution >= 0.6 is 0 Å². The van der Waals surface area contributed by atoms with Crippen LogP contribution in [0, 0.1) is 0 Å². The molecular weight excluding hydrogens is 268 g/mol. The van der Waals surface area contributed by atoms with E-state index in [1.807, 2.05) is 30.3 Å². The summed E-state index contributed by atoms with van der Waals surface area (Å²) in [5.74, 6) is -1.39. The second kappa shape index (κ2) is 5.75. The number of nitrogens with zero attached hydrogens (tertiary/aromatic N) is 1. The maximum Gasteiger partial charge on any atom is 0.337 e. The maximum atomic E-state index is 12.5. The van der Waals surface area contributed by atoms with Crippen molar-refractivity contribution in [2.45, 2.75) is 19.3 Å². The van der Waals surface area contributed by atoms with Crippen LogP contribution in [-0.2, 0) is 10.2 Å². The van der Waals surface area contributed by atoms with E-state index in [0.29, 0.717) is 0 Å². The molecule has 2 N–H and O–H groups in total. The lowest BCUT2D eigenvalue weighted by Crippen LogP contribution is -2.35. The van der Waals surface area contributed by atoms with Gasteiger partial charge < -0.3 is 10.4 Å². The molecule has 5 nitrogen and oxygen atoms in total. The van der Waals surface area contributed by atoms with Crippen molar-refractivity contribution in [3.05, 3.63) is 59.9 Å². The molecule has 21 heavy (non-hydrogen) atoms. The molecule has 0 aliphatic carbocycles. The number of amides is 1. The molecule has 0 spiro atoms. The van der Waals surface area contributed by atoms with E-state index < -0.39 is 11.4 Å². The molecule has 0 unspecified atom stereocenters. The van der Waals surface area contributed by atoms with Gasteiger partial charge in [-0.05, 0) is 25.5 Å². The number of nitrogens with one attached hydrogen (secondary N) is 1. The van der Waals surface area contributed by atoms with Crippen LogP contribution in [-0.4, -0.2) is 22.0 Å². The monoisotopic (exact) mass is 284 g/mol. The molecule has 108 valence electrons. The van der Waals surface area contributed by atoms with Crippen LogP contribution in [0.25, 0.3) is 0 Å². The summed E-state index contributed by atoms with van der Waals surface area (Å²) in [6, 6.07) is 10.7. The molecular formula is C16H16N2O3. The molecule has 0 bridgehead atoms. The van der Waals surface area contributed by atoms with Gasteiger partial charge in [-0.2, -0.15) is 0 Å². The smallest absolute Gasteiger partial charge is 0.337 e. The van der Waals surface area contributed by atoms with Crippen LogP contribution in [0.3, 0.4) is 0 Å². The fourth-order valence-electron chi connectivity index (χ4n) is 1.95. The van der Waals surface area contributed by atoms with Gasteiger partial charge in [-0.3, -0.25) is 9.78 Å². The summed E-state index contributed by atoms with van der Waals surface area (Å²) in [6.07, 6.45) is 2.71. The molecule has 5 heteroatoms. The Morgan fingerprint density at radius 1 is 1.14 bits per heavy atom. The number of hydrogen-bond donors (Lipinski definition) is 2. The molecule has 0 saturated heterocycles. The molecule has 0 saturated carbocycles. The van der Waals surface area contributed by atoms with Crippen molar-refractivity contribution in [3.8, 4) is 0 Å². The van der Waals surface area contributed by atoms with Crippen molar-refractivity contribution in [2.75, 3.05) is 5.32 Å². The van der Waals surface area contributed by atoms with E-state index in [9.17, 15) is 9.59 Å². The molecule has 0 aliphatic rings. The average Bonchev–Trinajstić information content (AvgIpc) is 2.48. The molecule has 1 heterocycles. The molecule has 1 aromatic heterocycles. The van der Waals surface area contributed by atoms with Crippen molar-refractivity contribution in [2.24, 2.45) is 0 Å². The minimum absolute atomic E-state index is 0.0159. The standard InChI is InChI=1S/C16H16N2O3/c1-16(2,11-6-4-3-5-7-11)15(21)18-13-10-17-9-8-12(13)14(19)20/h3-10H,1-2H3,(H,18,21)(H,19,20). The number of rotatable bonds is 4. The number of carbonyl (C=O) groups is 2. The number of hydrogen-bond acceptors (Lipinski definition) is 3. The third kappa shape index (κ3) is 3.08. The van der Waals surface area contributed by atoms with Crippen LogP contribution in [0.5, 0.6) is 0 Å². The Labute approximate surface area is 122 Å². The molecule has 0 radical (unpaired) electrons. The number of carboxylic acids is 1. The number of benzene rings is 1. The lowest BCUT2D eigenvalue weighted by Gasteiger charge is -2.24. The van der Waals surface area contributed by atoms with Gasteiger partial charge in [0.15, 0.2) is 0 Å². The summed E-state index contributed by atoms with van der Waals surface area (Å²) in [5, 5.41) is 11.8. The zero-order valence-electron chi connectivity index (χ0n) is 11.8. The van der Waals surface area contributed by atoms with Crippen molar-refractivity contribution < 1.29 is 14.7 Å². The number of anilines is 1. The van der Waals surface area contributed by atoms with Crippen molar-refractivity contribution in [1.82, 2.24) is 4.98 Å². The number of carbonyl (C=O) groups excluding carboxylic acids is 1. The molecule has 2 aromatic rings. The summed E-state index contributed by atoms with van der Waals surface area (Å²) in [6.45, 7) is 3.57. The summed E-state index contributed by atoms with van der Waals surface area (Å²) >= 11 is 0. The Morgan fingerprint density at radius 2 is 1.81 bits per heavy atom. The van der Waals surface area contributed by atoms with Crippen molar-refractivity contribution in [1.29, 1.82) is 0 Å². The van der Waals surface area contributed by atoms with Crippen LogP contribution in [0.2, 0.25) is 0 Å². The Morgan fingerprint density at radius 3 is 2.43 bits per heavy atom. The van der Waals surface area contributed by atoms with Crippen LogP contribution in [0.1, 0.15) is 29.8 Å². The average molecular weight is 284 g/mol. The highest BCUT2D eigenvalue weighted by molar-refractivity contribution is 6.03. The van der Waals surface area contributed by atoms with Gasteiger partial charge in [-0.25, -0.2) is 4.79 Å². The number of aromatic nitrogens is 1. The second-order valence-electron chi connectivity index (χ2n) is 5.17. The minimum atomic E-state index is -1.11. The highest BCUT2D eigenvalue weighted by Gasteiger charge is 2.30. The number of aromatic carboxylic acids is 1. The Kier molecular flexibility index (Phi) is 4.03. The van der Waals surface area contributed by atoms with Gasteiger partial charge in [-0.1, -0.05) is 30.3 Å². The first kappa shape index (κ1) is 14.7. The van der Waals surface area contributed by atoms with Crippen molar-refractivity contribution in [3.63, 3.8) is 0 Å². The first-order chi connectivity index (χ1) is 9.93. The molecule has 2 rings (SSSR count). The second-order valence-corrected chi connectivity index (χ2v) is 5.17. The van der Waals surface area contributed by atoms with E-state index in [-0.39, 0.29) is 17.2 Å². The SMILES string of the molecule is CC(C)(C(=O)Nc1cnccc1C(=O)O)c1ccccc1. The fraction of sp³-hybridized carbons (Fsp3) is 0.188. The molecule has 1 amide bonds. The summed E-state index contributed by atoms with van der Waals surface area (Å²) in [4.78, 5) is 27.5. The fourth-order valence-corrected chi connectivity index (χ4v) is 1.95. The first-order valence-corrected chi connectivity index (χ1v) is 6.47. The highest BCUT2D eigenvalue weighted by atomic mass is 16.4. The normalized spacial score (nSPS) is 11.0. The molecule has 0 atom stereocenters. The van der Waals surface area contributed by atoms with E-state index >= 15 is 0 Å². The van der Waals surface area contributed by atoms with Gasteiger partial charge in [0.05, 0.1) is 22.9 Å². The van der Waals surface area contributed by atoms with Gasteiger partial charge in [0.1, 0.15) is 0 Å². The summed E-state index contributed by atoms with van der Waals surface area (Å²) < 4.78 is 0. The molecule has 0 aliphatic heterocycles.